The average molecular weight is 451 g/mol. The number of rotatable bonds is 8. The van der Waals surface area contributed by atoms with Gasteiger partial charge in [0.05, 0.1) is 11.6 Å². The molecule has 3 rings (SSSR count). The number of halogens is 1. The van der Waals surface area contributed by atoms with Crippen LogP contribution in [0.25, 0.3) is 11.0 Å². The summed E-state index contributed by atoms with van der Waals surface area (Å²) in [5, 5.41) is 4.33. The van der Waals surface area contributed by atoms with Crippen LogP contribution in [0.2, 0.25) is 5.28 Å². The second-order valence-corrected chi connectivity index (χ2v) is 9.76. The van der Waals surface area contributed by atoms with E-state index in [9.17, 15) is 4.79 Å². The summed E-state index contributed by atoms with van der Waals surface area (Å²) in [5.74, 6) is 0. The first-order valence-corrected chi connectivity index (χ1v) is 11.7. The molecule has 2 aromatic heterocycles. The lowest BCUT2D eigenvalue weighted by Crippen LogP contribution is -2.51. The number of hydrogen-bond donors (Lipinski definition) is 1. The van der Waals surface area contributed by atoms with E-state index in [1.807, 2.05) is 27.7 Å². The van der Waals surface area contributed by atoms with Crippen LogP contribution in [0.3, 0.4) is 0 Å². The summed E-state index contributed by atoms with van der Waals surface area (Å²) in [6.45, 7) is 11.0. The first kappa shape index (κ1) is 23.8. The molecule has 1 unspecified atom stereocenters. The van der Waals surface area contributed by atoms with Crippen LogP contribution in [-0.2, 0) is 16.0 Å². The molecule has 1 aliphatic rings. The minimum absolute atomic E-state index is 0.0528. The molecule has 31 heavy (non-hydrogen) atoms. The summed E-state index contributed by atoms with van der Waals surface area (Å²) < 4.78 is 13.8. The van der Waals surface area contributed by atoms with Gasteiger partial charge in [-0.3, -0.25) is 0 Å². The molecule has 0 saturated heterocycles. The third kappa shape index (κ3) is 5.89. The van der Waals surface area contributed by atoms with Crippen LogP contribution in [0.5, 0.6) is 0 Å². The summed E-state index contributed by atoms with van der Waals surface area (Å²) in [7, 11) is 0. The first-order chi connectivity index (χ1) is 14.7. The van der Waals surface area contributed by atoms with E-state index in [-0.39, 0.29) is 17.5 Å². The maximum absolute atomic E-state index is 12.7. The van der Waals surface area contributed by atoms with Gasteiger partial charge in [0, 0.05) is 30.4 Å². The van der Waals surface area contributed by atoms with Crippen molar-refractivity contribution >= 4 is 28.7 Å². The molecule has 2 aromatic rings. The fraction of sp³-hybridized carbons (Fsp3) is 0.696. The number of carbonyl (C=O) groups excluding carboxylic acids is 1. The Morgan fingerprint density at radius 3 is 2.65 bits per heavy atom. The predicted octanol–water partition coefficient (Wildman–Crippen LogP) is 5.80. The molecule has 8 heteroatoms. The van der Waals surface area contributed by atoms with Crippen LogP contribution in [-0.4, -0.2) is 38.4 Å². The normalized spacial score (nSPS) is 17.1. The minimum atomic E-state index is -0.545. The highest BCUT2D eigenvalue weighted by molar-refractivity contribution is 6.28. The lowest BCUT2D eigenvalue weighted by atomic mass is 9.97. The third-order valence-corrected chi connectivity index (χ3v) is 5.86. The predicted molar refractivity (Wildman–Crippen MR) is 122 cm³/mol. The number of hydrogen-bond acceptors (Lipinski definition) is 5. The largest absolute Gasteiger partial charge is 0.444 e. The Labute approximate surface area is 189 Å². The maximum atomic E-state index is 12.7. The Balaban J connectivity index is 2.01. The molecule has 172 valence electrons. The van der Waals surface area contributed by atoms with E-state index < -0.39 is 11.1 Å². The Morgan fingerprint density at radius 2 is 2.03 bits per heavy atom. The molecule has 0 aromatic carbocycles. The number of alkyl carbamates (subject to hydrolysis) is 1. The standard InChI is InChI=1S/C23H35ClN4O3/c1-6-10-18(30-7-2)17-13-16-14-25-20(24)26-19(16)28(17)15-23(11-8-9-12-23)27-21(29)31-22(3,4)5/h13-14,18H,6-12,15H2,1-5H3,(H,27,29). The van der Waals surface area contributed by atoms with Gasteiger partial charge >= 0.3 is 6.09 Å². The van der Waals surface area contributed by atoms with Gasteiger partial charge in [0.2, 0.25) is 5.28 Å². The van der Waals surface area contributed by atoms with E-state index in [0.717, 1.165) is 55.3 Å². The fourth-order valence-electron chi connectivity index (χ4n) is 4.45. The molecule has 1 fully saturated rings. The molecule has 1 amide bonds. The van der Waals surface area contributed by atoms with E-state index in [4.69, 9.17) is 21.1 Å². The molecule has 1 N–H and O–H groups in total. The van der Waals surface area contributed by atoms with E-state index in [1.165, 1.54) is 0 Å². The zero-order valence-corrected chi connectivity index (χ0v) is 20.1. The van der Waals surface area contributed by atoms with E-state index >= 15 is 0 Å². The Bertz CT molecular complexity index is 894. The van der Waals surface area contributed by atoms with Crippen molar-refractivity contribution in [2.45, 2.75) is 96.9 Å². The zero-order chi connectivity index (χ0) is 22.6. The molecule has 1 aliphatic carbocycles. The Kier molecular flexibility index (Phi) is 7.47. The second-order valence-electron chi connectivity index (χ2n) is 9.42. The highest BCUT2D eigenvalue weighted by Gasteiger charge is 2.38. The summed E-state index contributed by atoms with van der Waals surface area (Å²) in [4.78, 5) is 21.4. The summed E-state index contributed by atoms with van der Waals surface area (Å²) in [6, 6.07) is 2.10. The van der Waals surface area contributed by atoms with Gasteiger partial charge < -0.3 is 19.4 Å². The Hall–Kier alpha value is -1.86. The van der Waals surface area contributed by atoms with E-state index in [2.05, 4.69) is 32.8 Å². The van der Waals surface area contributed by atoms with Crippen molar-refractivity contribution in [1.29, 1.82) is 0 Å². The first-order valence-electron chi connectivity index (χ1n) is 11.3. The van der Waals surface area contributed by atoms with Gasteiger partial charge in [0.15, 0.2) is 0 Å². The van der Waals surface area contributed by atoms with E-state index in [0.29, 0.717) is 13.2 Å². The SMILES string of the molecule is CCCC(OCC)c1cc2cnc(Cl)nc2n1CC1(NC(=O)OC(C)(C)C)CCCC1. The van der Waals surface area contributed by atoms with Crippen molar-refractivity contribution in [3.63, 3.8) is 0 Å². The van der Waals surface area contributed by atoms with Crippen molar-refractivity contribution < 1.29 is 14.3 Å². The van der Waals surface area contributed by atoms with Crippen LogP contribution in [0.4, 0.5) is 4.79 Å². The number of carbonyl (C=O) groups is 1. The highest BCUT2D eigenvalue weighted by Crippen LogP contribution is 2.36. The van der Waals surface area contributed by atoms with Crippen molar-refractivity contribution in [1.82, 2.24) is 19.9 Å². The van der Waals surface area contributed by atoms with Gasteiger partial charge in [-0.25, -0.2) is 9.78 Å². The average Bonchev–Trinajstić information content (AvgIpc) is 3.25. The number of nitrogens with one attached hydrogen (secondary N) is 1. The van der Waals surface area contributed by atoms with Crippen LogP contribution in [0, 0.1) is 0 Å². The molecule has 0 radical (unpaired) electrons. The molecular formula is C23H35ClN4O3. The van der Waals surface area contributed by atoms with Crippen molar-refractivity contribution in [3.05, 3.63) is 23.2 Å². The zero-order valence-electron chi connectivity index (χ0n) is 19.3. The molecule has 0 spiro atoms. The number of nitrogens with zero attached hydrogens (tertiary/aromatic N) is 3. The van der Waals surface area contributed by atoms with Gasteiger partial charge in [-0.2, -0.15) is 4.98 Å². The molecule has 2 heterocycles. The third-order valence-electron chi connectivity index (χ3n) is 5.67. The van der Waals surface area contributed by atoms with Gasteiger partial charge in [0.1, 0.15) is 11.2 Å². The lowest BCUT2D eigenvalue weighted by molar-refractivity contribution is 0.0421. The van der Waals surface area contributed by atoms with Crippen LogP contribution in [0.1, 0.15) is 84.9 Å². The summed E-state index contributed by atoms with van der Waals surface area (Å²) >= 11 is 6.15. The quantitative estimate of drug-likeness (QED) is 0.514. The maximum Gasteiger partial charge on any atom is 0.408 e. The van der Waals surface area contributed by atoms with Gasteiger partial charge in [-0.05, 0) is 64.6 Å². The van der Waals surface area contributed by atoms with Gasteiger partial charge in [-0.15, -0.1) is 0 Å². The van der Waals surface area contributed by atoms with Crippen LogP contribution in [0.15, 0.2) is 12.3 Å². The summed E-state index contributed by atoms with van der Waals surface area (Å²) in [6.07, 6.45) is 7.11. The van der Waals surface area contributed by atoms with Gasteiger partial charge in [0.25, 0.3) is 0 Å². The van der Waals surface area contributed by atoms with Crippen LogP contribution < -0.4 is 5.32 Å². The second kappa shape index (κ2) is 9.74. The molecule has 7 nitrogen and oxygen atoms in total. The molecule has 1 atom stereocenters. The van der Waals surface area contributed by atoms with E-state index in [1.54, 1.807) is 6.20 Å². The van der Waals surface area contributed by atoms with Crippen molar-refractivity contribution in [3.8, 4) is 0 Å². The number of aromatic nitrogens is 3. The number of amides is 1. The van der Waals surface area contributed by atoms with Crippen molar-refractivity contribution in [2.24, 2.45) is 0 Å². The molecule has 1 saturated carbocycles. The number of fused-ring (bicyclic) bond motifs is 1. The van der Waals surface area contributed by atoms with Crippen LogP contribution >= 0.6 is 11.6 Å². The monoisotopic (exact) mass is 450 g/mol. The van der Waals surface area contributed by atoms with Crippen molar-refractivity contribution in [2.75, 3.05) is 6.61 Å². The number of ether oxygens (including phenoxy) is 2. The molecule has 0 bridgehead atoms. The highest BCUT2D eigenvalue weighted by atomic mass is 35.5. The summed E-state index contributed by atoms with van der Waals surface area (Å²) in [5.41, 5.74) is 0.876. The minimum Gasteiger partial charge on any atom is -0.444 e. The fourth-order valence-corrected chi connectivity index (χ4v) is 4.58. The molecular weight excluding hydrogens is 416 g/mol. The molecule has 0 aliphatic heterocycles. The van der Waals surface area contributed by atoms with Gasteiger partial charge in [-0.1, -0.05) is 26.2 Å². The topological polar surface area (TPSA) is 78.3 Å². The smallest absolute Gasteiger partial charge is 0.408 e. The Morgan fingerprint density at radius 1 is 1.32 bits per heavy atom. The lowest BCUT2D eigenvalue weighted by Gasteiger charge is -2.33.